The van der Waals surface area contributed by atoms with Crippen molar-refractivity contribution in [1.29, 1.82) is 5.26 Å². The Hall–Kier alpha value is -1.34. The molecule has 0 aromatic heterocycles. The summed E-state index contributed by atoms with van der Waals surface area (Å²) in [4.78, 5) is 0. The Labute approximate surface area is 118 Å². The molecule has 0 N–H and O–H groups in total. The van der Waals surface area contributed by atoms with Crippen molar-refractivity contribution in [1.82, 2.24) is 0 Å². The maximum Gasteiger partial charge on any atom is 0.119 e. The Kier molecular flexibility index (Phi) is 7.20. The lowest BCUT2D eigenvalue weighted by Gasteiger charge is -2.07. The molecule has 0 aliphatic heterocycles. The van der Waals surface area contributed by atoms with Crippen molar-refractivity contribution >= 4 is 10.8 Å². The number of benzene rings is 1. The molecule has 19 heavy (non-hydrogen) atoms. The fourth-order valence-electron chi connectivity index (χ4n) is 1.52. The van der Waals surface area contributed by atoms with Gasteiger partial charge in [0.2, 0.25) is 0 Å². The first-order chi connectivity index (χ1) is 9.11. The second-order valence-corrected chi connectivity index (χ2v) is 6.55. The van der Waals surface area contributed by atoms with E-state index in [-0.39, 0.29) is 0 Å². The number of rotatable bonds is 8. The van der Waals surface area contributed by atoms with Crippen LogP contribution in [0.2, 0.25) is 0 Å². The Morgan fingerprint density at radius 1 is 1.26 bits per heavy atom. The van der Waals surface area contributed by atoms with E-state index in [1.54, 1.807) is 0 Å². The molecule has 0 fully saturated rings. The van der Waals surface area contributed by atoms with Crippen LogP contribution < -0.4 is 4.74 Å². The van der Waals surface area contributed by atoms with Gasteiger partial charge in [-0.3, -0.25) is 4.21 Å². The minimum Gasteiger partial charge on any atom is -0.493 e. The van der Waals surface area contributed by atoms with Crippen molar-refractivity contribution in [2.45, 2.75) is 26.7 Å². The normalized spacial score (nSPS) is 12.1. The smallest absolute Gasteiger partial charge is 0.119 e. The maximum atomic E-state index is 11.7. The van der Waals surface area contributed by atoms with Gasteiger partial charge >= 0.3 is 0 Å². The molecule has 0 aliphatic rings. The molecule has 1 aromatic rings. The zero-order valence-electron chi connectivity index (χ0n) is 11.6. The van der Waals surface area contributed by atoms with Crippen LogP contribution in [0, 0.1) is 17.2 Å². The SMILES string of the molecule is CC(C)CCS(=O)CCOc1ccc(CC#N)cc1. The lowest BCUT2D eigenvalue weighted by Crippen LogP contribution is -2.12. The van der Waals surface area contributed by atoms with E-state index < -0.39 is 10.8 Å². The summed E-state index contributed by atoms with van der Waals surface area (Å²) in [5.74, 6) is 2.69. The van der Waals surface area contributed by atoms with Crippen molar-refractivity contribution in [2.24, 2.45) is 5.92 Å². The maximum absolute atomic E-state index is 11.7. The molecule has 1 atom stereocenters. The third kappa shape index (κ3) is 6.97. The zero-order valence-corrected chi connectivity index (χ0v) is 12.4. The second-order valence-electron chi connectivity index (χ2n) is 4.86. The first-order valence-electron chi connectivity index (χ1n) is 6.55. The predicted octanol–water partition coefficient (Wildman–Crippen LogP) is 2.93. The highest BCUT2D eigenvalue weighted by atomic mass is 32.2. The Bertz CT molecular complexity index is 434. The molecule has 0 bridgehead atoms. The molecular formula is C15H21NO2S. The molecule has 0 saturated carbocycles. The average Bonchev–Trinajstić information content (AvgIpc) is 2.39. The van der Waals surface area contributed by atoms with Crippen LogP contribution in [-0.4, -0.2) is 22.3 Å². The van der Waals surface area contributed by atoms with E-state index in [2.05, 4.69) is 19.9 Å². The monoisotopic (exact) mass is 279 g/mol. The number of nitrogens with zero attached hydrogens (tertiary/aromatic N) is 1. The molecule has 1 rings (SSSR count). The number of ether oxygens (including phenoxy) is 1. The highest BCUT2D eigenvalue weighted by molar-refractivity contribution is 7.84. The van der Waals surface area contributed by atoms with E-state index in [0.29, 0.717) is 24.7 Å². The molecule has 0 radical (unpaired) electrons. The van der Waals surface area contributed by atoms with Crippen LogP contribution >= 0.6 is 0 Å². The van der Waals surface area contributed by atoms with Gasteiger partial charge in [-0.2, -0.15) is 5.26 Å². The van der Waals surface area contributed by atoms with Gasteiger partial charge in [-0.25, -0.2) is 0 Å². The molecule has 1 aromatic carbocycles. The lowest BCUT2D eigenvalue weighted by molar-refractivity contribution is 0.342. The van der Waals surface area contributed by atoms with Gasteiger partial charge in [0.25, 0.3) is 0 Å². The summed E-state index contributed by atoms with van der Waals surface area (Å²) in [7, 11) is -0.790. The summed E-state index contributed by atoms with van der Waals surface area (Å²) in [6.07, 6.45) is 1.41. The van der Waals surface area contributed by atoms with E-state index >= 15 is 0 Å². The highest BCUT2D eigenvalue weighted by Crippen LogP contribution is 2.12. The second kappa shape index (κ2) is 8.71. The summed E-state index contributed by atoms with van der Waals surface area (Å²) in [5.41, 5.74) is 0.982. The lowest BCUT2D eigenvalue weighted by atomic mass is 10.2. The highest BCUT2D eigenvalue weighted by Gasteiger charge is 2.03. The van der Waals surface area contributed by atoms with Crippen LogP contribution in [0.1, 0.15) is 25.8 Å². The fraction of sp³-hybridized carbons (Fsp3) is 0.533. The van der Waals surface area contributed by atoms with Crippen LogP contribution in [0.4, 0.5) is 0 Å². The van der Waals surface area contributed by atoms with E-state index in [0.717, 1.165) is 23.5 Å². The molecule has 4 heteroatoms. The zero-order chi connectivity index (χ0) is 14.1. The van der Waals surface area contributed by atoms with E-state index in [9.17, 15) is 4.21 Å². The summed E-state index contributed by atoms with van der Waals surface area (Å²) in [6, 6.07) is 9.57. The third-order valence-electron chi connectivity index (χ3n) is 2.71. The van der Waals surface area contributed by atoms with Crippen molar-refractivity contribution in [3.05, 3.63) is 29.8 Å². The first-order valence-corrected chi connectivity index (χ1v) is 8.04. The van der Waals surface area contributed by atoms with E-state index in [1.165, 1.54) is 0 Å². The molecule has 0 amide bonds. The van der Waals surface area contributed by atoms with Crippen molar-refractivity contribution in [3.63, 3.8) is 0 Å². The van der Waals surface area contributed by atoms with Crippen molar-refractivity contribution < 1.29 is 8.95 Å². The summed E-state index contributed by atoms with van der Waals surface area (Å²) < 4.78 is 17.2. The minimum absolute atomic E-state index is 0.416. The van der Waals surface area contributed by atoms with Gasteiger partial charge in [-0.15, -0.1) is 0 Å². The van der Waals surface area contributed by atoms with E-state index in [4.69, 9.17) is 10.00 Å². The van der Waals surface area contributed by atoms with Crippen molar-refractivity contribution in [3.8, 4) is 11.8 Å². The van der Waals surface area contributed by atoms with E-state index in [1.807, 2.05) is 24.3 Å². The van der Waals surface area contributed by atoms with Crippen molar-refractivity contribution in [2.75, 3.05) is 18.1 Å². The van der Waals surface area contributed by atoms with Gasteiger partial charge in [-0.1, -0.05) is 26.0 Å². The van der Waals surface area contributed by atoms with Gasteiger partial charge in [0.1, 0.15) is 5.75 Å². The van der Waals surface area contributed by atoms with Crippen LogP contribution in [-0.2, 0) is 17.2 Å². The Balaban J connectivity index is 2.25. The number of hydrogen-bond donors (Lipinski definition) is 0. The minimum atomic E-state index is -0.790. The molecule has 0 spiro atoms. The molecule has 104 valence electrons. The van der Waals surface area contributed by atoms with Gasteiger partial charge in [0.05, 0.1) is 24.8 Å². The molecule has 0 saturated heterocycles. The van der Waals surface area contributed by atoms with Crippen LogP contribution in [0.25, 0.3) is 0 Å². The van der Waals surface area contributed by atoms with Crippen LogP contribution in [0.15, 0.2) is 24.3 Å². The summed E-state index contributed by atoms with van der Waals surface area (Å²) >= 11 is 0. The van der Waals surface area contributed by atoms with Gasteiger partial charge in [0, 0.05) is 16.6 Å². The first kappa shape index (κ1) is 15.7. The number of nitriles is 1. The third-order valence-corrected chi connectivity index (χ3v) is 4.02. The number of hydrogen-bond acceptors (Lipinski definition) is 3. The average molecular weight is 279 g/mol. The molecule has 1 unspecified atom stereocenters. The standard InChI is InChI=1S/C15H21NO2S/c1-13(2)8-11-19(17)12-10-18-15-5-3-14(4-6-15)7-9-16/h3-6,13H,7-8,10-12H2,1-2H3. The molecular weight excluding hydrogens is 258 g/mol. The summed E-state index contributed by atoms with van der Waals surface area (Å²) in [5, 5.41) is 8.57. The van der Waals surface area contributed by atoms with Gasteiger partial charge in [-0.05, 0) is 30.0 Å². The Morgan fingerprint density at radius 2 is 1.95 bits per heavy atom. The topological polar surface area (TPSA) is 50.1 Å². The Morgan fingerprint density at radius 3 is 2.53 bits per heavy atom. The fourth-order valence-corrected chi connectivity index (χ4v) is 2.72. The van der Waals surface area contributed by atoms with Gasteiger partial charge < -0.3 is 4.74 Å². The molecule has 0 heterocycles. The summed E-state index contributed by atoms with van der Waals surface area (Å²) in [6.45, 7) is 4.75. The van der Waals surface area contributed by atoms with Gasteiger partial charge in [0.15, 0.2) is 0 Å². The molecule has 3 nitrogen and oxygen atoms in total. The largest absolute Gasteiger partial charge is 0.493 e. The predicted molar refractivity (Wildman–Crippen MR) is 78.6 cm³/mol. The van der Waals surface area contributed by atoms with Crippen LogP contribution in [0.3, 0.4) is 0 Å². The molecule has 0 aliphatic carbocycles. The van der Waals surface area contributed by atoms with Crippen LogP contribution in [0.5, 0.6) is 5.75 Å². The quantitative estimate of drug-likeness (QED) is 0.735.